The van der Waals surface area contributed by atoms with Crippen molar-refractivity contribution in [2.75, 3.05) is 13.2 Å². The van der Waals surface area contributed by atoms with Crippen LogP contribution in [-0.2, 0) is 26.4 Å². The second kappa shape index (κ2) is 7.17. The monoisotopic (exact) mass is 434 g/mol. The van der Waals surface area contributed by atoms with E-state index in [2.05, 4.69) is 0 Å². The lowest BCUT2D eigenvalue weighted by Crippen LogP contribution is -2.71. The summed E-state index contributed by atoms with van der Waals surface area (Å²) in [6.45, 7) is 2.62. The number of aliphatic hydroxyl groups excluding tert-OH is 3. The summed E-state index contributed by atoms with van der Waals surface area (Å²) < 4.78 is 22.9. The molecule has 3 saturated heterocycles. The van der Waals surface area contributed by atoms with Crippen molar-refractivity contribution in [3.8, 4) is 5.75 Å². The maximum Gasteiger partial charge on any atom is 0.227 e. The molecule has 5 rings (SSSR count). The van der Waals surface area contributed by atoms with Gasteiger partial charge < -0.3 is 34.3 Å². The minimum atomic E-state index is -1.64. The van der Waals surface area contributed by atoms with Gasteiger partial charge in [-0.05, 0) is 48.7 Å². The molecular formula is C22H23ClO7. The van der Waals surface area contributed by atoms with Crippen LogP contribution in [-0.4, -0.2) is 58.7 Å². The summed E-state index contributed by atoms with van der Waals surface area (Å²) in [7, 11) is 0. The smallest absolute Gasteiger partial charge is 0.227 e. The second-order valence-corrected chi connectivity index (χ2v) is 8.33. The number of halogens is 1. The zero-order valence-corrected chi connectivity index (χ0v) is 17.1. The Morgan fingerprint density at radius 1 is 1.10 bits per heavy atom. The van der Waals surface area contributed by atoms with Crippen LogP contribution in [0.15, 0.2) is 42.5 Å². The maximum absolute atomic E-state index is 10.8. The Balaban J connectivity index is 1.47. The van der Waals surface area contributed by atoms with E-state index < -0.39 is 36.0 Å². The average Bonchev–Trinajstić information content (AvgIpc) is 2.96. The van der Waals surface area contributed by atoms with E-state index in [0.29, 0.717) is 23.6 Å². The van der Waals surface area contributed by atoms with Gasteiger partial charge in [0.05, 0.1) is 13.2 Å². The van der Waals surface area contributed by atoms with Gasteiger partial charge in [0.25, 0.3) is 0 Å². The SMILES string of the molecule is CCOc1ccc(Cc2cc([C@]34OC5OC[C@@]5(O3)[C@@H](O)[C@H](O)[C@H]4O)ccc2Cl)cc1. The predicted octanol–water partition coefficient (Wildman–Crippen LogP) is 1.72. The molecule has 3 fully saturated rings. The first-order valence-corrected chi connectivity index (χ1v) is 10.3. The highest BCUT2D eigenvalue weighted by Crippen LogP contribution is 2.57. The first-order valence-electron chi connectivity index (χ1n) is 9.94. The topological polar surface area (TPSA) is 97.6 Å². The summed E-state index contributed by atoms with van der Waals surface area (Å²) in [6.07, 6.45) is -4.55. The molecule has 0 amide bonds. The molecule has 2 bridgehead atoms. The van der Waals surface area contributed by atoms with Crippen molar-refractivity contribution in [1.82, 2.24) is 0 Å². The Morgan fingerprint density at radius 3 is 2.53 bits per heavy atom. The van der Waals surface area contributed by atoms with E-state index >= 15 is 0 Å². The normalized spacial score (nSPS) is 36.8. The molecule has 8 heteroatoms. The zero-order valence-electron chi connectivity index (χ0n) is 16.3. The predicted molar refractivity (Wildman–Crippen MR) is 106 cm³/mol. The van der Waals surface area contributed by atoms with Crippen LogP contribution in [0.1, 0.15) is 23.6 Å². The van der Waals surface area contributed by atoms with Crippen molar-refractivity contribution in [1.29, 1.82) is 0 Å². The van der Waals surface area contributed by atoms with Crippen LogP contribution < -0.4 is 4.74 Å². The Hall–Kier alpha value is -1.71. The van der Waals surface area contributed by atoms with E-state index in [1.54, 1.807) is 18.2 Å². The molecule has 3 aliphatic rings. The number of aliphatic hydroxyl groups is 3. The summed E-state index contributed by atoms with van der Waals surface area (Å²) >= 11 is 6.44. The van der Waals surface area contributed by atoms with E-state index in [1.807, 2.05) is 31.2 Å². The number of rotatable bonds is 5. The van der Waals surface area contributed by atoms with E-state index in [-0.39, 0.29) is 6.61 Å². The minimum absolute atomic E-state index is 0.0803. The number of hydrogen-bond acceptors (Lipinski definition) is 7. The van der Waals surface area contributed by atoms with Gasteiger partial charge in [-0.1, -0.05) is 29.8 Å². The summed E-state index contributed by atoms with van der Waals surface area (Å²) in [5.74, 6) is -0.843. The van der Waals surface area contributed by atoms with Gasteiger partial charge in [0.1, 0.15) is 24.1 Å². The molecular weight excluding hydrogens is 412 g/mol. The number of fused-ring (bicyclic) bond motifs is 1. The van der Waals surface area contributed by atoms with Gasteiger partial charge >= 0.3 is 0 Å². The Labute approximate surface area is 178 Å². The first-order chi connectivity index (χ1) is 14.4. The number of hydrogen-bond donors (Lipinski definition) is 3. The lowest BCUT2D eigenvalue weighted by molar-refractivity contribution is -0.339. The Bertz CT molecular complexity index is 951. The molecule has 3 N–H and O–H groups in total. The van der Waals surface area contributed by atoms with Crippen molar-refractivity contribution in [3.63, 3.8) is 0 Å². The van der Waals surface area contributed by atoms with Gasteiger partial charge in [0.2, 0.25) is 5.79 Å². The molecule has 160 valence electrons. The van der Waals surface area contributed by atoms with Gasteiger partial charge in [-0.3, -0.25) is 0 Å². The molecule has 3 heterocycles. The fourth-order valence-corrected chi connectivity index (χ4v) is 4.59. The van der Waals surface area contributed by atoms with Crippen molar-refractivity contribution in [2.45, 2.75) is 49.3 Å². The molecule has 1 spiro atoms. The third-order valence-corrected chi connectivity index (χ3v) is 6.47. The quantitative estimate of drug-likeness (QED) is 0.659. The number of ether oxygens (including phenoxy) is 4. The van der Waals surface area contributed by atoms with E-state index in [4.69, 9.17) is 30.5 Å². The molecule has 1 unspecified atom stereocenters. The van der Waals surface area contributed by atoms with Gasteiger partial charge in [-0.15, -0.1) is 0 Å². The van der Waals surface area contributed by atoms with Crippen LogP contribution in [0, 0.1) is 0 Å². The van der Waals surface area contributed by atoms with Crippen molar-refractivity contribution in [2.24, 2.45) is 0 Å². The standard InChI is InChI=1S/C22H23ClO7/c1-2-27-15-6-3-12(4-7-15)9-13-10-14(5-8-16(13)23)22-19(26)17(24)18(25)21(30-22)11-28-20(21)29-22/h3-8,10,17-20,24-26H,2,9,11H2,1H3/t17-,18-,19+,20?,21+,22-/m0/s1. The summed E-state index contributed by atoms with van der Waals surface area (Å²) in [4.78, 5) is 0. The Kier molecular flexibility index (Phi) is 4.83. The fourth-order valence-electron chi connectivity index (χ4n) is 4.41. The molecule has 30 heavy (non-hydrogen) atoms. The molecule has 0 aliphatic carbocycles. The second-order valence-electron chi connectivity index (χ2n) is 7.93. The van der Waals surface area contributed by atoms with Gasteiger partial charge in [-0.2, -0.15) is 0 Å². The van der Waals surface area contributed by atoms with Crippen molar-refractivity contribution >= 4 is 11.6 Å². The fraction of sp³-hybridized carbons (Fsp3) is 0.455. The summed E-state index contributed by atoms with van der Waals surface area (Å²) in [5, 5.41) is 32.2. The lowest BCUT2D eigenvalue weighted by Gasteiger charge is -2.49. The maximum atomic E-state index is 10.8. The van der Waals surface area contributed by atoms with Crippen LogP contribution in [0.5, 0.6) is 5.75 Å². The van der Waals surface area contributed by atoms with E-state index in [9.17, 15) is 15.3 Å². The molecule has 2 aromatic rings. The molecule has 3 aliphatic heterocycles. The molecule has 2 aromatic carbocycles. The van der Waals surface area contributed by atoms with Gasteiger partial charge in [0.15, 0.2) is 11.9 Å². The van der Waals surface area contributed by atoms with Crippen molar-refractivity contribution < 1.29 is 34.3 Å². The Morgan fingerprint density at radius 2 is 1.87 bits per heavy atom. The van der Waals surface area contributed by atoms with E-state index in [0.717, 1.165) is 16.9 Å². The highest BCUT2D eigenvalue weighted by molar-refractivity contribution is 6.31. The van der Waals surface area contributed by atoms with Crippen LogP contribution in [0.4, 0.5) is 0 Å². The van der Waals surface area contributed by atoms with Crippen LogP contribution in [0.25, 0.3) is 0 Å². The molecule has 0 saturated carbocycles. The van der Waals surface area contributed by atoms with Crippen LogP contribution in [0.2, 0.25) is 5.02 Å². The van der Waals surface area contributed by atoms with Gasteiger partial charge in [-0.25, -0.2) is 0 Å². The third kappa shape index (κ3) is 2.81. The highest BCUT2D eigenvalue weighted by atomic mass is 35.5. The zero-order chi connectivity index (χ0) is 21.1. The first kappa shape index (κ1) is 20.2. The highest BCUT2D eigenvalue weighted by Gasteiger charge is 2.76. The minimum Gasteiger partial charge on any atom is -0.494 e. The third-order valence-electron chi connectivity index (χ3n) is 6.10. The average molecular weight is 435 g/mol. The van der Waals surface area contributed by atoms with Crippen LogP contribution >= 0.6 is 11.6 Å². The van der Waals surface area contributed by atoms with Gasteiger partial charge in [0, 0.05) is 10.6 Å². The van der Waals surface area contributed by atoms with Crippen molar-refractivity contribution in [3.05, 3.63) is 64.2 Å². The molecule has 7 nitrogen and oxygen atoms in total. The summed E-state index contributed by atoms with van der Waals surface area (Å²) in [6, 6.07) is 12.9. The molecule has 0 radical (unpaired) electrons. The largest absolute Gasteiger partial charge is 0.494 e. The number of benzene rings is 2. The summed E-state index contributed by atoms with van der Waals surface area (Å²) in [5.41, 5.74) is 1.15. The van der Waals surface area contributed by atoms with E-state index in [1.165, 1.54) is 0 Å². The molecule has 6 atom stereocenters. The molecule has 0 aromatic heterocycles. The van der Waals surface area contributed by atoms with Crippen LogP contribution in [0.3, 0.4) is 0 Å². The lowest BCUT2D eigenvalue weighted by atomic mass is 9.81.